The van der Waals surface area contributed by atoms with Gasteiger partial charge in [-0.3, -0.25) is 0 Å². The molecule has 2 rings (SSSR count). The van der Waals surface area contributed by atoms with Crippen molar-refractivity contribution in [2.45, 2.75) is 37.2 Å². The average molecular weight is 460 g/mol. The summed E-state index contributed by atoms with van der Waals surface area (Å²) in [5.41, 5.74) is 1.60. The van der Waals surface area contributed by atoms with E-state index in [1.165, 1.54) is 24.3 Å². The second-order valence-corrected chi connectivity index (χ2v) is 9.10. The molecule has 2 aromatic carbocycles. The molecule has 136 valence electrons. The number of alkyl halides is 1. The maximum absolute atomic E-state index is 13.2. The van der Waals surface area contributed by atoms with Crippen LogP contribution >= 0.6 is 22.6 Å². The summed E-state index contributed by atoms with van der Waals surface area (Å²) in [6.45, 7) is 8.45. The molecule has 2 aromatic rings. The van der Waals surface area contributed by atoms with E-state index in [2.05, 4.69) is 43.4 Å². The van der Waals surface area contributed by atoms with E-state index in [0.29, 0.717) is 6.61 Å². The fourth-order valence-electron chi connectivity index (χ4n) is 2.36. The molecule has 0 heterocycles. The van der Waals surface area contributed by atoms with Crippen molar-refractivity contribution < 1.29 is 18.6 Å². The summed E-state index contributed by atoms with van der Waals surface area (Å²) < 4.78 is 25.9. The van der Waals surface area contributed by atoms with Gasteiger partial charge in [0.2, 0.25) is 0 Å². The van der Waals surface area contributed by atoms with Crippen LogP contribution in [0.5, 0.6) is 0 Å². The van der Waals surface area contributed by atoms with E-state index in [1.807, 2.05) is 6.92 Å². The lowest BCUT2D eigenvalue weighted by molar-refractivity contribution is -0.336. The zero-order chi connectivity index (χ0) is 18.7. The van der Waals surface area contributed by atoms with Crippen molar-refractivity contribution in [3.05, 3.63) is 71.3 Å². The van der Waals surface area contributed by atoms with E-state index in [1.54, 1.807) is 24.3 Å². The lowest BCUT2D eigenvalue weighted by atomic mass is 9.76. The van der Waals surface area contributed by atoms with Gasteiger partial charge in [0.25, 0.3) is 0 Å². The van der Waals surface area contributed by atoms with Gasteiger partial charge in [0.05, 0.1) is 10.0 Å². The summed E-state index contributed by atoms with van der Waals surface area (Å²) in [7, 11) is 0. The number of halogens is 3. The van der Waals surface area contributed by atoms with E-state index in [4.69, 9.17) is 9.78 Å². The Hall–Kier alpha value is -1.05. The van der Waals surface area contributed by atoms with Crippen molar-refractivity contribution in [2.75, 3.05) is 6.61 Å². The van der Waals surface area contributed by atoms with Gasteiger partial charge in [-0.05, 0) is 49.2 Å². The summed E-state index contributed by atoms with van der Waals surface area (Å²) in [5.74, 6) is -0.528. The molecule has 0 amide bonds. The zero-order valence-electron chi connectivity index (χ0n) is 14.9. The first-order valence-electron chi connectivity index (χ1n) is 8.12. The molecule has 0 aliphatic heterocycles. The molecule has 25 heavy (non-hydrogen) atoms. The summed E-state index contributed by atoms with van der Waals surface area (Å²) in [6, 6.07) is 12.7. The monoisotopic (exact) mass is 460 g/mol. The highest BCUT2D eigenvalue weighted by Gasteiger charge is 2.41. The minimum absolute atomic E-state index is 0.249. The molecule has 2 atom stereocenters. The second kappa shape index (κ2) is 8.10. The molecular formula is C20H23F2IO2. The van der Waals surface area contributed by atoms with Crippen molar-refractivity contribution in [1.29, 1.82) is 0 Å². The highest BCUT2D eigenvalue weighted by Crippen LogP contribution is 2.47. The lowest BCUT2D eigenvalue weighted by Crippen LogP contribution is -2.37. The Morgan fingerprint density at radius 2 is 1.40 bits per heavy atom. The number of rotatable bonds is 7. The topological polar surface area (TPSA) is 18.5 Å². The maximum atomic E-state index is 13.2. The molecule has 5 heteroatoms. The number of hydrogen-bond donors (Lipinski definition) is 0. The van der Waals surface area contributed by atoms with Crippen molar-refractivity contribution >= 4 is 22.6 Å². The van der Waals surface area contributed by atoms with Gasteiger partial charge in [-0.1, -0.05) is 60.7 Å². The third-order valence-electron chi connectivity index (χ3n) is 4.63. The Kier molecular flexibility index (Phi) is 6.56. The minimum Gasteiger partial charge on any atom is -0.235 e. The third-order valence-corrected chi connectivity index (χ3v) is 6.71. The third kappa shape index (κ3) is 4.99. The van der Waals surface area contributed by atoms with Gasteiger partial charge in [-0.25, -0.2) is 18.6 Å². The predicted molar refractivity (Wildman–Crippen MR) is 103 cm³/mol. The molecule has 0 aliphatic rings. The van der Waals surface area contributed by atoms with Crippen LogP contribution in [-0.4, -0.2) is 6.61 Å². The summed E-state index contributed by atoms with van der Waals surface area (Å²) in [4.78, 5) is 11.0. The van der Waals surface area contributed by atoms with E-state index in [0.717, 1.165) is 11.1 Å². The van der Waals surface area contributed by atoms with Crippen LogP contribution in [0.4, 0.5) is 8.78 Å². The molecule has 2 nitrogen and oxygen atoms in total. The van der Waals surface area contributed by atoms with Gasteiger partial charge >= 0.3 is 0 Å². The molecule has 0 fully saturated rings. The normalized spacial score (nSPS) is 15.6. The van der Waals surface area contributed by atoms with E-state index in [9.17, 15) is 8.78 Å². The predicted octanol–water partition coefficient (Wildman–Crippen LogP) is 6.35. The first kappa shape index (κ1) is 20.3. The molecule has 0 spiro atoms. The van der Waals surface area contributed by atoms with Crippen molar-refractivity contribution in [3.8, 4) is 0 Å². The van der Waals surface area contributed by atoms with Gasteiger partial charge in [-0.15, -0.1) is 0 Å². The van der Waals surface area contributed by atoms with Crippen LogP contribution in [0, 0.1) is 17.0 Å². The quantitative estimate of drug-likeness (QED) is 0.208. The fourth-order valence-corrected chi connectivity index (χ4v) is 2.88. The lowest BCUT2D eigenvalue weighted by Gasteiger charge is -2.40. The van der Waals surface area contributed by atoms with Crippen LogP contribution in [-0.2, 0) is 13.2 Å². The molecule has 0 saturated carbocycles. The van der Waals surface area contributed by atoms with Gasteiger partial charge in [0.15, 0.2) is 0 Å². The molecule has 0 bridgehead atoms. The minimum atomic E-state index is -0.303. The summed E-state index contributed by atoms with van der Waals surface area (Å²) in [6.07, 6.45) is -0.303. The van der Waals surface area contributed by atoms with Crippen molar-refractivity contribution in [1.82, 2.24) is 0 Å². The Balaban J connectivity index is 1.98. The van der Waals surface area contributed by atoms with Crippen LogP contribution in [0.25, 0.3) is 0 Å². The fraction of sp³-hybridized carbons (Fsp3) is 0.400. The Morgan fingerprint density at radius 3 is 1.92 bits per heavy atom. The standard InChI is InChI=1S/C20H23F2IO2/c1-14(15-5-9-17(21)10-6-15)25-24-13-19(2,3)20(4,23)16-7-11-18(22)12-8-16/h5-12,14H,13H2,1-4H3. The van der Waals surface area contributed by atoms with E-state index in [-0.39, 0.29) is 26.6 Å². The van der Waals surface area contributed by atoms with Crippen molar-refractivity contribution in [3.63, 3.8) is 0 Å². The second-order valence-electron chi connectivity index (χ2n) is 6.95. The Morgan fingerprint density at radius 1 is 0.920 bits per heavy atom. The summed E-state index contributed by atoms with van der Waals surface area (Å²) >= 11 is 2.37. The van der Waals surface area contributed by atoms with Crippen LogP contribution in [0.3, 0.4) is 0 Å². The summed E-state index contributed by atoms with van der Waals surface area (Å²) in [5, 5.41) is 0. The van der Waals surface area contributed by atoms with E-state index >= 15 is 0 Å². The van der Waals surface area contributed by atoms with Gasteiger partial charge in [0, 0.05) is 5.41 Å². The zero-order valence-corrected chi connectivity index (χ0v) is 17.0. The molecule has 0 aromatic heterocycles. The SMILES string of the molecule is CC(OOCC(C)(C)C(C)(I)c1ccc(F)cc1)c1ccc(F)cc1. The molecule has 0 radical (unpaired) electrons. The molecule has 0 saturated heterocycles. The van der Waals surface area contributed by atoms with Crippen LogP contribution in [0.1, 0.15) is 44.9 Å². The maximum Gasteiger partial charge on any atom is 0.123 e. The Bertz CT molecular complexity index is 682. The van der Waals surface area contributed by atoms with Gasteiger partial charge < -0.3 is 0 Å². The number of hydrogen-bond acceptors (Lipinski definition) is 2. The van der Waals surface area contributed by atoms with Crippen LogP contribution in [0.15, 0.2) is 48.5 Å². The van der Waals surface area contributed by atoms with Gasteiger partial charge in [-0.2, -0.15) is 0 Å². The first-order chi connectivity index (χ1) is 11.6. The molecule has 2 unspecified atom stereocenters. The highest BCUT2D eigenvalue weighted by atomic mass is 127. The molecular weight excluding hydrogens is 437 g/mol. The molecule has 0 N–H and O–H groups in total. The Labute approximate surface area is 161 Å². The molecule has 0 aliphatic carbocycles. The van der Waals surface area contributed by atoms with Crippen LogP contribution < -0.4 is 0 Å². The van der Waals surface area contributed by atoms with Gasteiger partial charge in [0.1, 0.15) is 17.7 Å². The largest absolute Gasteiger partial charge is 0.235 e. The average Bonchev–Trinajstić information content (AvgIpc) is 2.55. The van der Waals surface area contributed by atoms with Crippen LogP contribution in [0.2, 0.25) is 0 Å². The first-order valence-corrected chi connectivity index (χ1v) is 9.20. The number of benzene rings is 2. The van der Waals surface area contributed by atoms with Crippen molar-refractivity contribution in [2.24, 2.45) is 5.41 Å². The van der Waals surface area contributed by atoms with E-state index < -0.39 is 0 Å². The smallest absolute Gasteiger partial charge is 0.123 e. The highest BCUT2D eigenvalue weighted by molar-refractivity contribution is 14.1.